The minimum absolute atomic E-state index is 0.0373. The number of hydrogen-bond acceptors (Lipinski definition) is 16. The molecule has 0 bridgehead atoms. The van der Waals surface area contributed by atoms with Crippen LogP contribution in [0.1, 0.15) is 156 Å². The van der Waals surface area contributed by atoms with Crippen LogP contribution in [0.15, 0.2) is 0 Å². The molecule has 2 aliphatic heterocycles. The molecular weight excluding hydrogens is 1190 g/mol. The first-order valence-corrected chi connectivity index (χ1v) is 33.1. The van der Waals surface area contributed by atoms with Gasteiger partial charge in [0.15, 0.2) is 6.10 Å². The third-order valence-corrected chi connectivity index (χ3v) is 17.5. The molecule has 26 nitrogen and oxygen atoms in total. The number of nitrogens with zero attached hydrogens (tertiary/aromatic N) is 7. The van der Waals surface area contributed by atoms with E-state index >= 15 is 14.4 Å². The number of aliphatic hydroxyl groups is 2. The summed E-state index contributed by atoms with van der Waals surface area (Å²) < 4.78 is 11.3. The maximum Gasteiger partial charge on any atom is 0.329 e. The van der Waals surface area contributed by atoms with E-state index in [1.54, 1.807) is 41.7 Å². The maximum absolute atomic E-state index is 15.3. The molecule has 13 atom stereocenters. The van der Waals surface area contributed by atoms with Crippen LogP contribution in [0.5, 0.6) is 0 Å². The first-order valence-electron chi connectivity index (χ1n) is 33.1. The van der Waals surface area contributed by atoms with Crippen LogP contribution in [0, 0.1) is 47.3 Å². The minimum Gasteiger partial charge on any atom is -0.450 e. The summed E-state index contributed by atoms with van der Waals surface area (Å²) in [6, 6.07) is -12.3. The summed E-state index contributed by atoms with van der Waals surface area (Å²) in [5.74, 6) is -11.6. The van der Waals surface area contributed by atoms with Crippen molar-refractivity contribution in [1.82, 2.24) is 55.6 Å². The van der Waals surface area contributed by atoms with Gasteiger partial charge in [0.05, 0.1) is 24.9 Å². The van der Waals surface area contributed by atoms with Crippen LogP contribution in [0.2, 0.25) is 0 Å². The molecule has 0 aromatic carbocycles. The number of methoxy groups -OCH3 is 1. The first-order chi connectivity index (χ1) is 42.5. The van der Waals surface area contributed by atoms with Crippen molar-refractivity contribution in [2.24, 2.45) is 47.3 Å². The molecule has 0 spiro atoms. The van der Waals surface area contributed by atoms with Gasteiger partial charge in [-0.05, 0) is 106 Å². The van der Waals surface area contributed by atoms with Gasteiger partial charge in [0.2, 0.25) is 53.2 Å². The van der Waals surface area contributed by atoms with E-state index in [0.717, 1.165) is 14.7 Å². The Bertz CT molecular complexity index is 2490. The van der Waals surface area contributed by atoms with Gasteiger partial charge in [0, 0.05) is 62.5 Å². The van der Waals surface area contributed by atoms with Gasteiger partial charge in [-0.2, -0.15) is 0 Å². The van der Waals surface area contributed by atoms with Crippen LogP contribution in [0.4, 0.5) is 0 Å². The summed E-state index contributed by atoms with van der Waals surface area (Å²) in [4.78, 5) is 171. The number of esters is 1. The SMILES string of the molecule is COC1CN(CC[C@@H](C)[C@@H](O)[C@H]2C(=O)N[C@@H]([C@@H](C)O)C(=O)N(C)CC(=O)N(C)[C@@H](CC(C)C)C(=O)N[C@@H](CC(C)C)C(=O)N(C)[C@@H](CC(C)C)C(=O)N[C@@H](C)C(=O)O[C@H](C(C)C)C(=O)N(C)[C@H](CC(C)C)C(=O)N[C@@H](CC(C)C)C(=O)N(C)[C@@H](C(C)C)C(=O)N2C)C1. The molecule has 0 aromatic rings. The summed E-state index contributed by atoms with van der Waals surface area (Å²) >= 11 is 0. The van der Waals surface area contributed by atoms with E-state index in [9.17, 15) is 48.6 Å². The molecule has 0 unspecified atom stereocenters. The zero-order chi connectivity index (χ0) is 70.8. The normalized spacial score (nSPS) is 27.2. The number of likely N-dealkylation sites (N-methyl/N-ethyl adjacent to an activating group) is 6. The standard InChI is InChI=1S/C66H119N11O15/c1-35(2)27-46-61(85)73(20)49(30-38(7)8)57(81)67-43(16)66(90)92-56(41(13)14)65(89)74(21)50(31-39(9)10)59(83)69-47(28-36(3)4)62(86)75(22)53(40(11)12)64(88)76(23)54(55(80)42(15)25-26-77-32-45(33-77)91-24)60(84)70-52(44(17)78)63(87)71(18)34-51(79)72(19)48(29-37(5)6)58(82)68-46/h35-50,52-56,78,80H,25-34H2,1-24H3,(H,67,81)(H,68,82)(H,69,83)(H,70,84)/t42-,43+,44-,46+,47+,48+,49+,50-,52+,53+,54+,55-,56-/m1/s1. The van der Waals surface area contributed by atoms with E-state index in [-0.39, 0.29) is 67.8 Å². The summed E-state index contributed by atoms with van der Waals surface area (Å²) in [5.41, 5.74) is 0. The monoisotopic (exact) mass is 1310 g/mol. The molecule has 10 amide bonds. The molecule has 26 heteroatoms. The Morgan fingerprint density at radius 3 is 1.32 bits per heavy atom. The largest absolute Gasteiger partial charge is 0.450 e. The minimum atomic E-state index is -1.76. The number of cyclic esters (lactones) is 1. The van der Waals surface area contributed by atoms with Gasteiger partial charge >= 0.3 is 5.97 Å². The molecule has 528 valence electrons. The highest BCUT2D eigenvalue weighted by Crippen LogP contribution is 2.26. The molecule has 0 saturated carbocycles. The maximum atomic E-state index is 15.3. The van der Waals surface area contributed by atoms with Crippen molar-refractivity contribution in [3.63, 3.8) is 0 Å². The smallest absolute Gasteiger partial charge is 0.329 e. The van der Waals surface area contributed by atoms with E-state index in [1.165, 1.54) is 70.8 Å². The van der Waals surface area contributed by atoms with E-state index in [4.69, 9.17) is 9.47 Å². The highest BCUT2D eigenvalue weighted by Gasteiger charge is 2.46. The number of carbonyl (C=O) groups is 11. The summed E-state index contributed by atoms with van der Waals surface area (Å²) in [6.07, 6.45) is -3.77. The predicted octanol–water partition coefficient (Wildman–Crippen LogP) is 2.11. The highest BCUT2D eigenvalue weighted by molar-refractivity contribution is 5.99. The third-order valence-electron chi connectivity index (χ3n) is 17.5. The van der Waals surface area contributed by atoms with Gasteiger partial charge in [-0.1, -0.05) is 104 Å². The number of rotatable bonds is 19. The molecule has 2 fully saturated rings. The van der Waals surface area contributed by atoms with Crippen LogP contribution in [0.25, 0.3) is 0 Å². The van der Waals surface area contributed by atoms with Crippen molar-refractivity contribution in [2.45, 2.75) is 235 Å². The molecule has 92 heavy (non-hydrogen) atoms. The molecular formula is C66H119N11O15. The first kappa shape index (κ1) is 82.1. The van der Waals surface area contributed by atoms with Gasteiger partial charge in [-0.25, -0.2) is 4.79 Å². The van der Waals surface area contributed by atoms with Gasteiger partial charge in [-0.3, -0.25) is 52.8 Å². The number of hydrogen-bond donors (Lipinski definition) is 6. The lowest BCUT2D eigenvalue weighted by molar-refractivity contribution is -0.166. The number of amides is 10. The summed E-state index contributed by atoms with van der Waals surface area (Å²) in [6.45, 7) is 30.6. The lowest BCUT2D eigenvalue weighted by Crippen LogP contribution is -2.64. The second-order valence-corrected chi connectivity index (χ2v) is 28.9. The lowest BCUT2D eigenvalue weighted by atomic mass is 9.91. The number of carbonyl (C=O) groups excluding carboxylic acids is 11. The van der Waals surface area contributed by atoms with E-state index in [0.29, 0.717) is 26.1 Å². The number of nitrogens with one attached hydrogen (secondary N) is 4. The Kier molecular flexibility index (Phi) is 33.2. The Labute approximate surface area is 549 Å². The fraction of sp³-hybridized carbons (Fsp3) is 0.833. The fourth-order valence-corrected chi connectivity index (χ4v) is 11.7. The number of aliphatic hydroxyl groups excluding tert-OH is 2. The second-order valence-electron chi connectivity index (χ2n) is 28.9. The Hall–Kier alpha value is -5.99. The van der Waals surface area contributed by atoms with E-state index in [2.05, 4.69) is 26.2 Å². The van der Waals surface area contributed by atoms with Gasteiger partial charge in [0.1, 0.15) is 54.4 Å². The van der Waals surface area contributed by atoms with E-state index in [1.807, 2.05) is 69.2 Å². The summed E-state index contributed by atoms with van der Waals surface area (Å²) in [7, 11) is 9.78. The molecule has 0 aromatic heterocycles. The number of ether oxygens (including phenoxy) is 2. The van der Waals surface area contributed by atoms with Crippen LogP contribution in [-0.4, -0.2) is 264 Å². The predicted molar refractivity (Wildman–Crippen MR) is 349 cm³/mol. The van der Waals surface area contributed by atoms with Crippen molar-refractivity contribution < 1.29 is 72.4 Å². The lowest BCUT2D eigenvalue weighted by Gasteiger charge is -2.41. The molecule has 2 heterocycles. The van der Waals surface area contributed by atoms with Crippen molar-refractivity contribution in [1.29, 1.82) is 0 Å². The second kappa shape index (κ2) is 37.2. The Morgan fingerprint density at radius 2 is 0.902 bits per heavy atom. The van der Waals surface area contributed by atoms with Crippen LogP contribution in [0.3, 0.4) is 0 Å². The molecule has 2 saturated heterocycles. The van der Waals surface area contributed by atoms with Crippen LogP contribution < -0.4 is 21.3 Å². The van der Waals surface area contributed by atoms with Gasteiger partial charge in [-0.15, -0.1) is 0 Å². The highest BCUT2D eigenvalue weighted by atomic mass is 16.6. The van der Waals surface area contributed by atoms with Gasteiger partial charge in [0.25, 0.3) is 5.91 Å². The molecule has 2 aliphatic rings. The number of likely N-dealkylation sites (tertiary alicyclic amines) is 1. The quantitative estimate of drug-likeness (QED) is 0.101. The molecule has 0 radical (unpaired) electrons. The molecule has 0 aliphatic carbocycles. The van der Waals surface area contributed by atoms with E-state index < -0.39 is 162 Å². The Morgan fingerprint density at radius 1 is 0.489 bits per heavy atom. The summed E-state index contributed by atoms with van der Waals surface area (Å²) in [5, 5.41) is 34.7. The van der Waals surface area contributed by atoms with Crippen molar-refractivity contribution in [3.8, 4) is 0 Å². The van der Waals surface area contributed by atoms with Crippen molar-refractivity contribution in [2.75, 3.05) is 75.6 Å². The average Bonchev–Trinajstić information content (AvgIpc) is 1.81. The average molecular weight is 1310 g/mol. The topological polar surface area (TPSA) is 317 Å². The molecule has 6 N–H and O–H groups in total. The van der Waals surface area contributed by atoms with Crippen molar-refractivity contribution >= 4 is 65.0 Å². The Balaban J connectivity index is 3.02. The zero-order valence-corrected chi connectivity index (χ0v) is 60.0. The zero-order valence-electron chi connectivity index (χ0n) is 60.0. The van der Waals surface area contributed by atoms with Crippen LogP contribution >= 0.6 is 0 Å². The van der Waals surface area contributed by atoms with Gasteiger partial charge < -0.3 is 70.4 Å². The third kappa shape index (κ3) is 23.5. The fourth-order valence-electron chi connectivity index (χ4n) is 11.7. The molecule has 2 rings (SSSR count). The van der Waals surface area contributed by atoms with Crippen molar-refractivity contribution in [3.05, 3.63) is 0 Å². The van der Waals surface area contributed by atoms with Crippen LogP contribution in [-0.2, 0) is 62.2 Å².